The SMILES string of the molecule is C.CC=NC.CC=NC. The minimum atomic E-state index is 0. The third-order valence-corrected chi connectivity index (χ3v) is 0.516. The van der Waals surface area contributed by atoms with E-state index in [2.05, 4.69) is 9.98 Å². The second-order valence-corrected chi connectivity index (χ2v) is 1.03. The third-order valence-electron chi connectivity index (χ3n) is 0.516. The lowest BCUT2D eigenvalue weighted by atomic mass is 10.9. The van der Waals surface area contributed by atoms with Gasteiger partial charge in [-0.2, -0.15) is 0 Å². The van der Waals surface area contributed by atoms with Gasteiger partial charge in [0.05, 0.1) is 0 Å². The van der Waals surface area contributed by atoms with Crippen LogP contribution in [0.15, 0.2) is 9.98 Å². The Morgan fingerprint density at radius 3 is 1.00 bits per heavy atom. The van der Waals surface area contributed by atoms with Crippen LogP contribution in [0.4, 0.5) is 0 Å². The fraction of sp³-hybridized carbons (Fsp3) is 0.714. The highest BCUT2D eigenvalue weighted by molar-refractivity contribution is 5.52. The van der Waals surface area contributed by atoms with Crippen molar-refractivity contribution < 1.29 is 0 Å². The first-order valence-electron chi connectivity index (χ1n) is 2.57. The van der Waals surface area contributed by atoms with E-state index in [1.54, 1.807) is 26.5 Å². The molecule has 0 aliphatic rings. The molecule has 0 unspecified atom stereocenters. The van der Waals surface area contributed by atoms with Crippen molar-refractivity contribution in [2.75, 3.05) is 14.1 Å². The summed E-state index contributed by atoms with van der Waals surface area (Å²) in [7, 11) is 3.50. The van der Waals surface area contributed by atoms with Crippen molar-refractivity contribution >= 4 is 12.4 Å². The molecule has 0 aromatic heterocycles. The Balaban J connectivity index is -0.0000000720. The van der Waals surface area contributed by atoms with Gasteiger partial charge in [-0.1, -0.05) is 7.43 Å². The summed E-state index contributed by atoms with van der Waals surface area (Å²) in [4.78, 5) is 7.22. The predicted octanol–water partition coefficient (Wildman–Crippen LogP) is 2.05. The molecule has 0 radical (unpaired) electrons. The summed E-state index contributed by atoms with van der Waals surface area (Å²) < 4.78 is 0. The molecule has 0 aliphatic heterocycles. The molecule has 56 valence electrons. The largest absolute Gasteiger partial charge is 0.301 e. The van der Waals surface area contributed by atoms with Crippen molar-refractivity contribution in [2.24, 2.45) is 9.98 Å². The van der Waals surface area contributed by atoms with E-state index in [9.17, 15) is 0 Å². The summed E-state index contributed by atoms with van der Waals surface area (Å²) in [6.45, 7) is 3.78. The fourth-order valence-corrected chi connectivity index (χ4v) is 0. The van der Waals surface area contributed by atoms with E-state index in [-0.39, 0.29) is 7.43 Å². The first kappa shape index (κ1) is 15.8. The minimum absolute atomic E-state index is 0. The van der Waals surface area contributed by atoms with E-state index in [1.165, 1.54) is 0 Å². The third kappa shape index (κ3) is 117. The van der Waals surface area contributed by atoms with E-state index in [1.807, 2.05) is 13.8 Å². The van der Waals surface area contributed by atoms with Crippen molar-refractivity contribution in [2.45, 2.75) is 21.3 Å². The first-order valence-corrected chi connectivity index (χ1v) is 2.57. The second-order valence-electron chi connectivity index (χ2n) is 1.03. The molecule has 0 heterocycles. The molecule has 0 fully saturated rings. The van der Waals surface area contributed by atoms with Gasteiger partial charge in [0.1, 0.15) is 0 Å². The highest BCUT2D eigenvalue weighted by Crippen LogP contribution is 1.39. The van der Waals surface area contributed by atoms with Crippen molar-refractivity contribution in [3.63, 3.8) is 0 Å². The monoisotopic (exact) mass is 130 g/mol. The molecule has 0 aromatic carbocycles. The first-order chi connectivity index (χ1) is 3.83. The number of nitrogens with zero attached hydrogens (tertiary/aromatic N) is 2. The number of hydrogen-bond donors (Lipinski definition) is 0. The van der Waals surface area contributed by atoms with Crippen LogP contribution in [0.2, 0.25) is 0 Å². The van der Waals surface area contributed by atoms with Crippen LogP contribution in [-0.2, 0) is 0 Å². The molecule has 2 nitrogen and oxygen atoms in total. The van der Waals surface area contributed by atoms with Gasteiger partial charge in [0, 0.05) is 14.1 Å². The van der Waals surface area contributed by atoms with Crippen molar-refractivity contribution in [3.8, 4) is 0 Å². The fourth-order valence-electron chi connectivity index (χ4n) is 0. The Morgan fingerprint density at radius 2 is 1.00 bits per heavy atom. The molecular formula is C7H18N2. The molecule has 2 heteroatoms. The molecule has 0 saturated heterocycles. The Labute approximate surface area is 58.7 Å². The smallest absolute Gasteiger partial charge is 0.0273 e. The lowest BCUT2D eigenvalue weighted by Gasteiger charge is -1.53. The van der Waals surface area contributed by atoms with Gasteiger partial charge in [-0.25, -0.2) is 0 Å². The lowest BCUT2D eigenvalue weighted by Crippen LogP contribution is -1.47. The second kappa shape index (κ2) is 26.4. The molecule has 0 N–H and O–H groups in total. The molecule has 0 atom stereocenters. The van der Waals surface area contributed by atoms with E-state index in [0.717, 1.165) is 0 Å². The maximum atomic E-state index is 3.61. The summed E-state index contributed by atoms with van der Waals surface area (Å²) in [5.74, 6) is 0. The molecular weight excluding hydrogens is 112 g/mol. The summed E-state index contributed by atoms with van der Waals surface area (Å²) in [5, 5.41) is 0. The maximum Gasteiger partial charge on any atom is 0.0273 e. The van der Waals surface area contributed by atoms with Gasteiger partial charge >= 0.3 is 0 Å². The summed E-state index contributed by atoms with van der Waals surface area (Å²) in [5.41, 5.74) is 0. The molecule has 0 amide bonds. The molecule has 0 saturated carbocycles. The predicted molar refractivity (Wildman–Crippen MR) is 46.9 cm³/mol. The van der Waals surface area contributed by atoms with E-state index >= 15 is 0 Å². The van der Waals surface area contributed by atoms with Crippen molar-refractivity contribution in [1.29, 1.82) is 0 Å². The van der Waals surface area contributed by atoms with Gasteiger partial charge in [-0.3, -0.25) is 0 Å². The van der Waals surface area contributed by atoms with Gasteiger partial charge in [0.15, 0.2) is 0 Å². The van der Waals surface area contributed by atoms with E-state index in [0.29, 0.717) is 0 Å². The molecule has 0 aromatic rings. The average molecular weight is 130 g/mol. The molecule has 0 aliphatic carbocycles. The van der Waals surface area contributed by atoms with Crippen LogP contribution in [-0.4, -0.2) is 26.5 Å². The molecule has 9 heavy (non-hydrogen) atoms. The standard InChI is InChI=1S/2C3H7N.CH4/c2*1-3-4-2;/h2*3H,1-2H3;1H4. The highest BCUT2D eigenvalue weighted by Gasteiger charge is 1.33. The van der Waals surface area contributed by atoms with Crippen molar-refractivity contribution in [3.05, 3.63) is 0 Å². The van der Waals surface area contributed by atoms with E-state index < -0.39 is 0 Å². The average Bonchev–Trinajstić information content (AvgIpc) is 1.88. The van der Waals surface area contributed by atoms with Crippen LogP contribution >= 0.6 is 0 Å². The quantitative estimate of drug-likeness (QED) is 0.448. The van der Waals surface area contributed by atoms with Gasteiger partial charge in [-0.15, -0.1) is 0 Å². The minimum Gasteiger partial charge on any atom is -0.301 e. The van der Waals surface area contributed by atoms with Crippen LogP contribution in [0.25, 0.3) is 0 Å². The maximum absolute atomic E-state index is 3.61. The summed E-state index contributed by atoms with van der Waals surface area (Å²) in [6.07, 6.45) is 3.50. The number of rotatable bonds is 0. The molecule has 0 rings (SSSR count). The van der Waals surface area contributed by atoms with Crippen LogP contribution in [0.3, 0.4) is 0 Å². The topological polar surface area (TPSA) is 24.7 Å². The zero-order valence-electron chi connectivity index (χ0n) is 6.05. The zero-order chi connectivity index (χ0) is 6.83. The van der Waals surface area contributed by atoms with Crippen molar-refractivity contribution in [1.82, 2.24) is 0 Å². The molecule has 0 bridgehead atoms. The number of hydrogen-bond acceptors (Lipinski definition) is 2. The Kier molecular flexibility index (Phi) is 46.3. The Morgan fingerprint density at radius 1 is 0.889 bits per heavy atom. The van der Waals surface area contributed by atoms with Crippen LogP contribution in [0.1, 0.15) is 21.3 Å². The lowest BCUT2D eigenvalue weighted by molar-refractivity contribution is 1.46. The Hall–Kier alpha value is -0.660. The highest BCUT2D eigenvalue weighted by atomic mass is 14.6. The van der Waals surface area contributed by atoms with Crippen LogP contribution in [0.5, 0.6) is 0 Å². The van der Waals surface area contributed by atoms with Gasteiger partial charge < -0.3 is 9.98 Å². The summed E-state index contributed by atoms with van der Waals surface area (Å²) >= 11 is 0. The molecule has 0 spiro atoms. The van der Waals surface area contributed by atoms with E-state index in [4.69, 9.17) is 0 Å². The summed E-state index contributed by atoms with van der Waals surface area (Å²) in [6, 6.07) is 0. The van der Waals surface area contributed by atoms with Crippen LogP contribution < -0.4 is 0 Å². The Bertz CT molecular complexity index is 47.3. The van der Waals surface area contributed by atoms with Gasteiger partial charge in [0.2, 0.25) is 0 Å². The van der Waals surface area contributed by atoms with Crippen LogP contribution in [0, 0.1) is 0 Å². The van der Waals surface area contributed by atoms with Gasteiger partial charge in [0.25, 0.3) is 0 Å². The zero-order valence-corrected chi connectivity index (χ0v) is 6.05. The van der Waals surface area contributed by atoms with Gasteiger partial charge in [-0.05, 0) is 26.3 Å². The normalized spacial score (nSPS) is 8.44. The number of aliphatic imine (C=N–C) groups is 2.